The number of carbonyl (C=O) groups excluding carboxylic acids is 3. The van der Waals surface area contributed by atoms with Crippen LogP contribution in [-0.2, 0) is 20.9 Å². The number of anilines is 1. The highest BCUT2D eigenvalue weighted by Gasteiger charge is 2.28. The van der Waals surface area contributed by atoms with Gasteiger partial charge in [0.1, 0.15) is 6.04 Å². The fraction of sp³-hybridized carbons (Fsp3) is 0.455. The number of aromatic nitrogens is 1. The van der Waals surface area contributed by atoms with Crippen molar-refractivity contribution in [2.24, 2.45) is 0 Å². The molecule has 1 unspecified atom stereocenters. The molecule has 1 aromatic carbocycles. The maximum absolute atomic E-state index is 13.0. The van der Waals surface area contributed by atoms with Gasteiger partial charge >= 0.3 is 0 Å². The Morgan fingerprint density at radius 3 is 2.57 bits per heavy atom. The first kappa shape index (κ1) is 22.0. The molecule has 1 aliphatic rings. The van der Waals surface area contributed by atoms with Gasteiger partial charge in [0.25, 0.3) is 0 Å². The SMILES string of the molecule is CC(C(=O)NC1CCCC1)N(Cc1ccccc1)C(=O)CCC(=O)Nc1nccs1. The number of benzene rings is 1. The van der Waals surface area contributed by atoms with Crippen LogP contribution in [0.25, 0.3) is 0 Å². The van der Waals surface area contributed by atoms with Gasteiger partial charge in [-0.15, -0.1) is 11.3 Å². The van der Waals surface area contributed by atoms with E-state index < -0.39 is 6.04 Å². The maximum atomic E-state index is 13.0. The normalized spacial score (nSPS) is 14.8. The van der Waals surface area contributed by atoms with Gasteiger partial charge in [-0.3, -0.25) is 14.4 Å². The average Bonchev–Trinajstić information content (AvgIpc) is 3.45. The smallest absolute Gasteiger partial charge is 0.242 e. The molecule has 0 radical (unpaired) electrons. The van der Waals surface area contributed by atoms with E-state index in [9.17, 15) is 14.4 Å². The third kappa shape index (κ3) is 6.38. The van der Waals surface area contributed by atoms with Gasteiger partial charge in [-0.1, -0.05) is 43.2 Å². The van der Waals surface area contributed by atoms with Crippen molar-refractivity contribution < 1.29 is 14.4 Å². The van der Waals surface area contributed by atoms with Crippen molar-refractivity contribution >= 4 is 34.2 Å². The van der Waals surface area contributed by atoms with Crippen LogP contribution in [0, 0.1) is 0 Å². The molecule has 0 spiro atoms. The molecule has 1 aliphatic carbocycles. The summed E-state index contributed by atoms with van der Waals surface area (Å²) in [6, 6.07) is 9.16. The number of hydrogen-bond acceptors (Lipinski definition) is 5. The fourth-order valence-electron chi connectivity index (χ4n) is 3.59. The summed E-state index contributed by atoms with van der Waals surface area (Å²) >= 11 is 1.33. The number of carbonyl (C=O) groups is 3. The second-order valence-electron chi connectivity index (χ2n) is 7.56. The topological polar surface area (TPSA) is 91.4 Å². The molecule has 8 heteroatoms. The van der Waals surface area contributed by atoms with E-state index in [0.717, 1.165) is 31.2 Å². The third-order valence-corrected chi connectivity index (χ3v) is 6.00. The van der Waals surface area contributed by atoms with Gasteiger partial charge in [-0.2, -0.15) is 0 Å². The molecule has 30 heavy (non-hydrogen) atoms. The minimum absolute atomic E-state index is 0.0328. The molecule has 1 heterocycles. The summed E-state index contributed by atoms with van der Waals surface area (Å²) in [6.45, 7) is 2.08. The molecule has 3 amide bonds. The van der Waals surface area contributed by atoms with Crippen LogP contribution in [0.2, 0.25) is 0 Å². The lowest BCUT2D eigenvalue weighted by Gasteiger charge is -2.29. The molecule has 3 rings (SSSR count). The zero-order chi connectivity index (χ0) is 21.3. The molecule has 0 aliphatic heterocycles. The van der Waals surface area contributed by atoms with E-state index in [4.69, 9.17) is 0 Å². The van der Waals surface area contributed by atoms with Gasteiger partial charge in [-0.05, 0) is 25.3 Å². The largest absolute Gasteiger partial charge is 0.352 e. The van der Waals surface area contributed by atoms with Gasteiger partial charge in [0.05, 0.1) is 0 Å². The minimum atomic E-state index is -0.611. The van der Waals surface area contributed by atoms with Crippen LogP contribution < -0.4 is 10.6 Å². The van der Waals surface area contributed by atoms with Crippen molar-refractivity contribution in [1.82, 2.24) is 15.2 Å². The van der Waals surface area contributed by atoms with Crippen LogP contribution in [0.5, 0.6) is 0 Å². The Bertz CT molecular complexity index is 835. The minimum Gasteiger partial charge on any atom is -0.352 e. The van der Waals surface area contributed by atoms with Crippen LogP contribution >= 0.6 is 11.3 Å². The standard InChI is InChI=1S/C22H28N4O3S/c1-16(21(29)24-18-9-5-6-10-18)26(15-17-7-3-2-4-8-17)20(28)12-11-19(27)25-22-23-13-14-30-22/h2-4,7-8,13-14,16,18H,5-6,9-12,15H2,1H3,(H,24,29)(H,23,25,27). The van der Waals surface area contributed by atoms with Crippen molar-refractivity contribution in [3.05, 3.63) is 47.5 Å². The Morgan fingerprint density at radius 1 is 1.17 bits per heavy atom. The first-order valence-electron chi connectivity index (χ1n) is 10.4. The summed E-state index contributed by atoms with van der Waals surface area (Å²) in [5, 5.41) is 8.04. The third-order valence-electron chi connectivity index (χ3n) is 5.31. The number of hydrogen-bond donors (Lipinski definition) is 2. The van der Waals surface area contributed by atoms with Crippen molar-refractivity contribution in [2.45, 2.75) is 64.1 Å². The summed E-state index contributed by atoms with van der Waals surface area (Å²) in [7, 11) is 0. The molecule has 2 N–H and O–H groups in total. The number of nitrogens with zero attached hydrogens (tertiary/aromatic N) is 2. The molecule has 1 fully saturated rings. The molecule has 7 nitrogen and oxygen atoms in total. The Balaban J connectivity index is 1.62. The van der Waals surface area contributed by atoms with Crippen molar-refractivity contribution in [3.8, 4) is 0 Å². The molecular formula is C22H28N4O3S. The van der Waals surface area contributed by atoms with E-state index in [0.29, 0.717) is 11.7 Å². The zero-order valence-corrected chi connectivity index (χ0v) is 18.0. The summed E-state index contributed by atoms with van der Waals surface area (Å²) in [4.78, 5) is 43.5. The van der Waals surface area contributed by atoms with Crippen molar-refractivity contribution in [1.29, 1.82) is 0 Å². The highest BCUT2D eigenvalue weighted by molar-refractivity contribution is 7.13. The Morgan fingerprint density at radius 2 is 1.90 bits per heavy atom. The van der Waals surface area contributed by atoms with Gasteiger partial charge in [0.2, 0.25) is 17.7 Å². The van der Waals surface area contributed by atoms with Gasteiger partial charge in [-0.25, -0.2) is 4.98 Å². The lowest BCUT2D eigenvalue weighted by molar-refractivity contribution is -0.141. The van der Waals surface area contributed by atoms with Gasteiger partial charge in [0, 0.05) is 37.0 Å². The summed E-state index contributed by atoms with van der Waals surface area (Å²) < 4.78 is 0. The van der Waals surface area contributed by atoms with E-state index in [2.05, 4.69) is 15.6 Å². The predicted octanol–water partition coefficient (Wildman–Crippen LogP) is 3.34. The van der Waals surface area contributed by atoms with Crippen LogP contribution in [0.3, 0.4) is 0 Å². The van der Waals surface area contributed by atoms with Crippen molar-refractivity contribution in [2.75, 3.05) is 5.32 Å². The number of amides is 3. The number of thiazole rings is 1. The van der Waals surface area contributed by atoms with E-state index in [1.54, 1.807) is 23.4 Å². The van der Waals surface area contributed by atoms with Gasteiger partial charge in [0.15, 0.2) is 5.13 Å². The first-order valence-corrected chi connectivity index (χ1v) is 11.2. The first-order chi connectivity index (χ1) is 14.5. The van der Waals surface area contributed by atoms with Gasteiger partial charge < -0.3 is 15.5 Å². The molecule has 0 saturated heterocycles. The quantitative estimate of drug-likeness (QED) is 0.641. The van der Waals surface area contributed by atoms with Crippen LogP contribution in [0.4, 0.5) is 5.13 Å². The lowest BCUT2D eigenvalue weighted by Crippen LogP contribution is -2.49. The highest BCUT2D eigenvalue weighted by Crippen LogP contribution is 2.19. The number of nitrogens with one attached hydrogen (secondary N) is 2. The monoisotopic (exact) mass is 428 g/mol. The van der Waals surface area contributed by atoms with E-state index in [1.165, 1.54) is 11.3 Å². The fourth-order valence-corrected chi connectivity index (χ4v) is 4.13. The van der Waals surface area contributed by atoms with E-state index >= 15 is 0 Å². The molecule has 0 bridgehead atoms. The molecule has 1 saturated carbocycles. The van der Waals surface area contributed by atoms with Crippen LogP contribution in [0.1, 0.15) is 51.0 Å². The second kappa shape index (κ2) is 10.9. The molecular weight excluding hydrogens is 400 g/mol. The lowest BCUT2D eigenvalue weighted by atomic mass is 10.1. The average molecular weight is 429 g/mol. The summed E-state index contributed by atoms with van der Waals surface area (Å²) in [5.41, 5.74) is 0.943. The molecule has 1 aromatic heterocycles. The van der Waals surface area contributed by atoms with E-state index in [-0.39, 0.29) is 36.6 Å². The zero-order valence-electron chi connectivity index (χ0n) is 17.2. The molecule has 1 atom stereocenters. The maximum Gasteiger partial charge on any atom is 0.242 e. The number of rotatable bonds is 9. The van der Waals surface area contributed by atoms with Crippen LogP contribution in [-0.4, -0.2) is 39.7 Å². The van der Waals surface area contributed by atoms with Crippen LogP contribution in [0.15, 0.2) is 41.9 Å². The van der Waals surface area contributed by atoms with Crippen molar-refractivity contribution in [3.63, 3.8) is 0 Å². The summed E-state index contributed by atoms with van der Waals surface area (Å²) in [6.07, 6.45) is 5.91. The second-order valence-corrected chi connectivity index (χ2v) is 8.45. The predicted molar refractivity (Wildman–Crippen MR) is 117 cm³/mol. The Hall–Kier alpha value is -2.74. The van der Waals surface area contributed by atoms with E-state index in [1.807, 2.05) is 30.3 Å². The molecule has 160 valence electrons. The Kier molecular flexibility index (Phi) is 7.96. The molecule has 2 aromatic rings. The Labute approximate surface area is 180 Å². The highest BCUT2D eigenvalue weighted by atomic mass is 32.1. The summed E-state index contributed by atoms with van der Waals surface area (Å²) in [5.74, 6) is -0.623.